The van der Waals surface area contributed by atoms with Crippen LogP contribution in [0, 0.1) is 13.8 Å². The number of carbonyl (C=O) groups excluding carboxylic acids is 1. The Morgan fingerprint density at radius 2 is 1.79 bits per heavy atom. The third-order valence-corrected chi connectivity index (χ3v) is 5.88. The van der Waals surface area contributed by atoms with E-state index in [2.05, 4.69) is 0 Å². The summed E-state index contributed by atoms with van der Waals surface area (Å²) < 4.78 is 9.11. The largest absolute Gasteiger partial charge is 0.462 e. The van der Waals surface area contributed by atoms with Crippen molar-refractivity contribution < 1.29 is 9.21 Å². The molecule has 1 fully saturated rings. The molecule has 1 saturated heterocycles. The number of hydrogen-bond donors (Lipinski definition) is 0. The molecule has 1 aromatic carbocycles. The van der Waals surface area contributed by atoms with Gasteiger partial charge in [0.25, 0.3) is 11.5 Å². The molecule has 3 aromatic rings. The Hall–Kier alpha value is -2.84. The van der Waals surface area contributed by atoms with Crippen LogP contribution in [0.1, 0.15) is 17.2 Å². The van der Waals surface area contributed by atoms with Crippen molar-refractivity contribution >= 4 is 46.0 Å². The smallest absolute Gasteiger partial charge is 0.296 e. The van der Waals surface area contributed by atoms with Crippen LogP contribution in [-0.2, 0) is 11.8 Å². The molecule has 1 aliphatic rings. The maximum atomic E-state index is 13.2. The molecular formula is C20H17N3O3S2. The van der Waals surface area contributed by atoms with Gasteiger partial charge in [0.05, 0.1) is 16.3 Å². The summed E-state index contributed by atoms with van der Waals surface area (Å²) in [5, 5.41) is 0. The van der Waals surface area contributed by atoms with Crippen LogP contribution in [-0.4, -0.2) is 19.6 Å². The first kappa shape index (κ1) is 18.5. The second-order valence-electron chi connectivity index (χ2n) is 6.38. The van der Waals surface area contributed by atoms with E-state index in [1.807, 2.05) is 43.3 Å². The number of thiocarbonyl (C=S) groups is 1. The van der Waals surface area contributed by atoms with E-state index in [-0.39, 0.29) is 17.2 Å². The molecular weight excluding hydrogens is 394 g/mol. The van der Waals surface area contributed by atoms with Gasteiger partial charge in [0.15, 0.2) is 4.32 Å². The first-order valence-electron chi connectivity index (χ1n) is 8.57. The summed E-state index contributed by atoms with van der Waals surface area (Å²) in [6.45, 7) is 3.64. The van der Waals surface area contributed by atoms with Crippen LogP contribution in [0.5, 0.6) is 0 Å². The minimum atomic E-state index is -0.324. The molecule has 0 spiro atoms. The Balaban J connectivity index is 1.80. The van der Waals surface area contributed by atoms with E-state index in [1.54, 1.807) is 30.8 Å². The van der Waals surface area contributed by atoms with E-state index >= 15 is 0 Å². The van der Waals surface area contributed by atoms with Crippen molar-refractivity contribution in [2.75, 3.05) is 4.90 Å². The predicted octanol–water partition coefficient (Wildman–Crippen LogP) is 3.79. The fourth-order valence-corrected chi connectivity index (χ4v) is 4.38. The zero-order valence-electron chi connectivity index (χ0n) is 15.5. The van der Waals surface area contributed by atoms with Gasteiger partial charge in [0.1, 0.15) is 17.2 Å². The van der Waals surface area contributed by atoms with E-state index in [1.165, 1.54) is 9.58 Å². The second kappa shape index (κ2) is 6.96. The highest BCUT2D eigenvalue weighted by Gasteiger charge is 2.37. The number of hydrogen-bond acceptors (Lipinski definition) is 5. The van der Waals surface area contributed by atoms with Gasteiger partial charge in [-0.15, -0.1) is 0 Å². The lowest BCUT2D eigenvalue weighted by molar-refractivity contribution is -0.113. The maximum absolute atomic E-state index is 13.2. The molecule has 0 radical (unpaired) electrons. The van der Waals surface area contributed by atoms with E-state index in [0.717, 1.165) is 23.2 Å². The number of carbonyl (C=O) groups is 1. The first-order chi connectivity index (χ1) is 13.4. The summed E-state index contributed by atoms with van der Waals surface area (Å²) in [7, 11) is 1.78. The molecule has 28 heavy (non-hydrogen) atoms. The van der Waals surface area contributed by atoms with Crippen molar-refractivity contribution in [3.8, 4) is 5.69 Å². The fraction of sp³-hybridized carbons (Fsp3) is 0.150. The van der Waals surface area contributed by atoms with E-state index < -0.39 is 0 Å². The van der Waals surface area contributed by atoms with Crippen LogP contribution in [0.25, 0.3) is 11.8 Å². The zero-order valence-corrected chi connectivity index (χ0v) is 17.1. The summed E-state index contributed by atoms with van der Waals surface area (Å²) in [6.07, 6.45) is 1.65. The summed E-state index contributed by atoms with van der Waals surface area (Å²) in [6, 6.07) is 12.9. The average molecular weight is 412 g/mol. The predicted molar refractivity (Wildman–Crippen MR) is 115 cm³/mol. The number of aryl methyl sites for hydroxylation is 1. The number of anilines is 1. The molecule has 0 aliphatic carbocycles. The number of benzene rings is 1. The Morgan fingerprint density at radius 1 is 1.07 bits per heavy atom. The minimum Gasteiger partial charge on any atom is -0.462 e. The molecule has 0 saturated carbocycles. The second-order valence-corrected chi connectivity index (χ2v) is 8.05. The molecule has 6 nitrogen and oxygen atoms in total. The van der Waals surface area contributed by atoms with Crippen molar-refractivity contribution in [1.82, 2.24) is 9.36 Å². The van der Waals surface area contributed by atoms with Crippen LogP contribution in [0.3, 0.4) is 0 Å². The Bertz CT molecular complexity index is 1190. The SMILES string of the molecule is Cc1ccc(/C=C2/SC(=S)N(c3c(C)n(C)n(-c4ccccc4)c3=O)C2=O)o1. The molecule has 2 aromatic heterocycles. The van der Waals surface area contributed by atoms with Crippen molar-refractivity contribution in [1.29, 1.82) is 0 Å². The molecule has 142 valence electrons. The molecule has 0 atom stereocenters. The highest BCUT2D eigenvalue weighted by Crippen LogP contribution is 2.36. The Labute approximate surface area is 171 Å². The van der Waals surface area contributed by atoms with E-state index in [0.29, 0.717) is 20.7 Å². The maximum Gasteiger partial charge on any atom is 0.296 e. The number of rotatable bonds is 3. The van der Waals surface area contributed by atoms with Crippen molar-refractivity contribution in [3.63, 3.8) is 0 Å². The minimum absolute atomic E-state index is 0.271. The standard InChI is InChI=1S/C20H17N3O3S2/c1-12-9-10-15(26-12)11-16-18(24)22(20(27)28-16)17-13(2)21(3)23(19(17)25)14-7-5-4-6-8-14/h4-11H,1-3H3/b16-11+. The topological polar surface area (TPSA) is 60.4 Å². The monoisotopic (exact) mass is 411 g/mol. The number of amides is 1. The normalized spacial score (nSPS) is 15.8. The number of aromatic nitrogens is 2. The van der Waals surface area contributed by atoms with Gasteiger partial charge in [0.2, 0.25) is 0 Å². The highest BCUT2D eigenvalue weighted by molar-refractivity contribution is 8.27. The third kappa shape index (κ3) is 2.94. The highest BCUT2D eigenvalue weighted by atomic mass is 32.2. The van der Waals surface area contributed by atoms with E-state index in [4.69, 9.17) is 16.6 Å². The third-order valence-electron chi connectivity index (χ3n) is 4.58. The van der Waals surface area contributed by atoms with Gasteiger partial charge < -0.3 is 4.42 Å². The summed E-state index contributed by atoms with van der Waals surface area (Å²) >= 11 is 6.59. The van der Waals surface area contributed by atoms with Crippen LogP contribution in [0.2, 0.25) is 0 Å². The summed E-state index contributed by atoms with van der Waals surface area (Å²) in [5.41, 5.74) is 1.35. The molecule has 4 rings (SSSR count). The number of para-hydroxylation sites is 1. The van der Waals surface area contributed by atoms with Gasteiger partial charge >= 0.3 is 0 Å². The van der Waals surface area contributed by atoms with Crippen LogP contribution >= 0.6 is 24.0 Å². The molecule has 0 N–H and O–H groups in total. The van der Waals surface area contributed by atoms with Crippen molar-refractivity contribution in [2.45, 2.75) is 13.8 Å². The van der Waals surface area contributed by atoms with Crippen molar-refractivity contribution in [3.05, 3.63) is 74.9 Å². The van der Waals surface area contributed by atoms with Gasteiger partial charge in [0, 0.05) is 13.1 Å². The number of nitrogens with zero attached hydrogens (tertiary/aromatic N) is 3. The molecule has 8 heteroatoms. The fourth-order valence-electron chi connectivity index (χ4n) is 3.13. The molecule has 1 amide bonds. The molecule has 1 aliphatic heterocycles. The lowest BCUT2D eigenvalue weighted by atomic mass is 10.3. The Kier molecular flexibility index (Phi) is 4.60. The zero-order chi connectivity index (χ0) is 20.0. The lowest BCUT2D eigenvalue weighted by Gasteiger charge is -2.12. The van der Waals surface area contributed by atoms with Crippen molar-refractivity contribution in [2.24, 2.45) is 7.05 Å². The Morgan fingerprint density at radius 3 is 2.43 bits per heavy atom. The summed E-state index contributed by atoms with van der Waals surface area (Å²) in [5.74, 6) is 1.01. The average Bonchev–Trinajstić information content (AvgIpc) is 3.26. The summed E-state index contributed by atoms with van der Waals surface area (Å²) in [4.78, 5) is 28.0. The van der Waals surface area contributed by atoms with Gasteiger partial charge in [-0.3, -0.25) is 19.2 Å². The van der Waals surface area contributed by atoms with Gasteiger partial charge in [-0.25, -0.2) is 4.68 Å². The van der Waals surface area contributed by atoms with Crippen LogP contribution in [0.4, 0.5) is 5.69 Å². The first-order valence-corrected chi connectivity index (χ1v) is 9.79. The van der Waals surface area contributed by atoms with Gasteiger partial charge in [-0.2, -0.15) is 0 Å². The van der Waals surface area contributed by atoms with Crippen LogP contribution < -0.4 is 10.5 Å². The van der Waals surface area contributed by atoms with Crippen LogP contribution in [0.15, 0.2) is 56.6 Å². The van der Waals surface area contributed by atoms with Gasteiger partial charge in [-0.05, 0) is 38.1 Å². The molecule has 3 heterocycles. The quantitative estimate of drug-likeness (QED) is 0.485. The van der Waals surface area contributed by atoms with Gasteiger partial charge in [-0.1, -0.05) is 42.2 Å². The molecule has 0 bridgehead atoms. The van der Waals surface area contributed by atoms with E-state index in [9.17, 15) is 9.59 Å². The number of thioether (sulfide) groups is 1. The molecule has 0 unspecified atom stereocenters. The lowest BCUT2D eigenvalue weighted by Crippen LogP contribution is -2.33. The number of furan rings is 1.